The van der Waals surface area contributed by atoms with E-state index in [1.807, 2.05) is 0 Å². The van der Waals surface area contributed by atoms with E-state index in [9.17, 15) is 4.79 Å². The Kier molecular flexibility index (Phi) is 17.4. The molecule has 0 saturated heterocycles. The summed E-state index contributed by atoms with van der Waals surface area (Å²) in [7, 11) is 0. The zero-order valence-corrected chi connectivity index (χ0v) is 14.6. The maximum Gasteiger partial charge on any atom is 0.120 e. The van der Waals surface area contributed by atoms with Crippen molar-refractivity contribution < 1.29 is 9.53 Å². The molecule has 0 aliphatic rings. The summed E-state index contributed by atoms with van der Waals surface area (Å²) < 4.78 is 5.82. The van der Waals surface area contributed by atoms with Crippen LogP contribution in [0.2, 0.25) is 0 Å². The monoisotopic (exact) mass is 298 g/mol. The van der Waals surface area contributed by atoms with E-state index in [0.717, 1.165) is 32.2 Å². The average molecular weight is 299 g/mol. The predicted molar refractivity (Wildman–Crippen MR) is 91.8 cm³/mol. The Morgan fingerprint density at radius 1 is 0.762 bits per heavy atom. The molecular formula is C19H38O2. The van der Waals surface area contributed by atoms with Crippen molar-refractivity contribution in [1.29, 1.82) is 0 Å². The first-order valence-corrected chi connectivity index (χ1v) is 9.40. The maximum absolute atomic E-state index is 10.5. The largest absolute Gasteiger partial charge is 0.378 e. The highest BCUT2D eigenvalue weighted by Gasteiger charge is 2.08. The summed E-state index contributed by atoms with van der Waals surface area (Å²) in [5, 5.41) is 0. The zero-order valence-electron chi connectivity index (χ0n) is 14.6. The second-order valence-corrected chi connectivity index (χ2v) is 6.21. The topological polar surface area (TPSA) is 26.3 Å². The minimum atomic E-state index is 0.309. The molecule has 0 aromatic heterocycles. The number of aldehydes is 1. The van der Waals surface area contributed by atoms with E-state index < -0.39 is 0 Å². The van der Waals surface area contributed by atoms with E-state index in [1.165, 1.54) is 64.2 Å². The van der Waals surface area contributed by atoms with Gasteiger partial charge in [-0.3, -0.25) is 0 Å². The van der Waals surface area contributed by atoms with Gasteiger partial charge in [0.1, 0.15) is 6.29 Å². The summed E-state index contributed by atoms with van der Waals surface area (Å²) >= 11 is 0. The zero-order chi connectivity index (χ0) is 15.6. The molecule has 0 rings (SSSR count). The van der Waals surface area contributed by atoms with Crippen LogP contribution in [0.4, 0.5) is 0 Å². The van der Waals surface area contributed by atoms with Gasteiger partial charge in [0, 0.05) is 13.0 Å². The Bertz CT molecular complexity index is 204. The van der Waals surface area contributed by atoms with Crippen molar-refractivity contribution in [3.05, 3.63) is 0 Å². The van der Waals surface area contributed by atoms with Gasteiger partial charge in [0.05, 0.1) is 6.10 Å². The summed E-state index contributed by atoms with van der Waals surface area (Å²) in [5.41, 5.74) is 0. The minimum Gasteiger partial charge on any atom is -0.378 e. The molecule has 126 valence electrons. The fourth-order valence-corrected chi connectivity index (χ4v) is 2.71. The average Bonchev–Trinajstić information content (AvgIpc) is 2.51. The number of hydrogen-bond donors (Lipinski definition) is 0. The highest BCUT2D eigenvalue weighted by atomic mass is 16.5. The minimum absolute atomic E-state index is 0.309. The summed E-state index contributed by atoms with van der Waals surface area (Å²) in [6, 6.07) is 0. The molecule has 0 heterocycles. The Hall–Kier alpha value is -0.370. The van der Waals surface area contributed by atoms with Gasteiger partial charge in [0.15, 0.2) is 0 Å². The molecule has 1 atom stereocenters. The summed E-state index contributed by atoms with van der Waals surface area (Å²) in [6.45, 7) is 5.24. The highest BCUT2D eigenvalue weighted by Crippen LogP contribution is 2.15. The maximum atomic E-state index is 10.5. The van der Waals surface area contributed by atoms with Crippen LogP contribution in [-0.4, -0.2) is 19.0 Å². The van der Waals surface area contributed by atoms with Crippen LogP contribution in [-0.2, 0) is 9.53 Å². The Morgan fingerprint density at radius 2 is 1.33 bits per heavy atom. The molecule has 0 N–H and O–H groups in total. The molecule has 0 spiro atoms. The van der Waals surface area contributed by atoms with Crippen LogP contribution in [0.1, 0.15) is 104 Å². The molecule has 0 fully saturated rings. The van der Waals surface area contributed by atoms with Gasteiger partial charge >= 0.3 is 0 Å². The van der Waals surface area contributed by atoms with Crippen LogP contribution >= 0.6 is 0 Å². The van der Waals surface area contributed by atoms with Gasteiger partial charge in [-0.25, -0.2) is 0 Å². The molecule has 0 bridgehead atoms. The molecule has 2 nitrogen and oxygen atoms in total. The molecule has 1 unspecified atom stereocenters. The van der Waals surface area contributed by atoms with Crippen molar-refractivity contribution in [2.45, 2.75) is 110 Å². The molecule has 0 amide bonds. The van der Waals surface area contributed by atoms with Crippen molar-refractivity contribution >= 4 is 6.29 Å². The molecule has 0 aliphatic heterocycles. The second kappa shape index (κ2) is 17.7. The van der Waals surface area contributed by atoms with E-state index in [1.54, 1.807) is 0 Å². The highest BCUT2D eigenvalue weighted by molar-refractivity contribution is 5.49. The van der Waals surface area contributed by atoms with E-state index in [4.69, 9.17) is 4.74 Å². The lowest BCUT2D eigenvalue weighted by atomic mass is 10.0. The van der Waals surface area contributed by atoms with Gasteiger partial charge < -0.3 is 9.53 Å². The van der Waals surface area contributed by atoms with Gasteiger partial charge in [-0.2, -0.15) is 0 Å². The predicted octanol–water partition coefficient (Wildman–Crippen LogP) is 6.07. The van der Waals surface area contributed by atoms with Gasteiger partial charge in [-0.1, -0.05) is 78.1 Å². The van der Waals surface area contributed by atoms with Crippen molar-refractivity contribution in [3.8, 4) is 0 Å². The van der Waals surface area contributed by atoms with Crippen LogP contribution < -0.4 is 0 Å². The quantitative estimate of drug-likeness (QED) is 0.240. The van der Waals surface area contributed by atoms with E-state index in [0.29, 0.717) is 12.5 Å². The van der Waals surface area contributed by atoms with Gasteiger partial charge in [0.25, 0.3) is 0 Å². The lowest BCUT2D eigenvalue weighted by Crippen LogP contribution is -2.13. The van der Waals surface area contributed by atoms with Gasteiger partial charge in [-0.15, -0.1) is 0 Å². The van der Waals surface area contributed by atoms with Crippen LogP contribution in [0.5, 0.6) is 0 Å². The molecule has 2 heteroatoms. The molecule has 0 aliphatic carbocycles. The molecule has 21 heavy (non-hydrogen) atoms. The summed E-state index contributed by atoms with van der Waals surface area (Å²) in [4.78, 5) is 10.5. The van der Waals surface area contributed by atoms with Crippen LogP contribution in [0, 0.1) is 0 Å². The lowest BCUT2D eigenvalue weighted by molar-refractivity contribution is -0.108. The lowest BCUT2D eigenvalue weighted by Gasteiger charge is -2.16. The Balaban J connectivity index is 3.37. The van der Waals surface area contributed by atoms with Crippen LogP contribution in [0.3, 0.4) is 0 Å². The third-order valence-electron chi connectivity index (χ3n) is 4.04. The summed E-state index contributed by atoms with van der Waals surface area (Å²) in [6.07, 6.45) is 18.8. The third-order valence-corrected chi connectivity index (χ3v) is 4.04. The Labute approximate surface area is 133 Å². The van der Waals surface area contributed by atoms with E-state index in [2.05, 4.69) is 13.8 Å². The molecule has 0 aromatic rings. The van der Waals surface area contributed by atoms with Crippen LogP contribution in [0.25, 0.3) is 0 Å². The first kappa shape index (κ1) is 20.6. The van der Waals surface area contributed by atoms with Gasteiger partial charge in [0.2, 0.25) is 0 Å². The van der Waals surface area contributed by atoms with Crippen molar-refractivity contribution in [1.82, 2.24) is 0 Å². The standard InChI is InChI=1S/C19H38O2/c1-3-5-6-7-8-9-10-11-12-13-15-19(16-14-17-20)21-18-4-2/h17,19H,3-16,18H2,1-2H3. The number of hydrogen-bond acceptors (Lipinski definition) is 2. The van der Waals surface area contributed by atoms with E-state index >= 15 is 0 Å². The van der Waals surface area contributed by atoms with E-state index in [-0.39, 0.29) is 0 Å². The third kappa shape index (κ3) is 15.8. The fraction of sp³-hybridized carbons (Fsp3) is 0.947. The van der Waals surface area contributed by atoms with Gasteiger partial charge in [-0.05, 0) is 19.3 Å². The number of ether oxygens (including phenoxy) is 1. The van der Waals surface area contributed by atoms with Crippen LogP contribution in [0.15, 0.2) is 0 Å². The number of carbonyl (C=O) groups is 1. The first-order valence-electron chi connectivity index (χ1n) is 9.40. The fourth-order valence-electron chi connectivity index (χ4n) is 2.71. The molecular weight excluding hydrogens is 260 g/mol. The first-order chi connectivity index (χ1) is 10.3. The second-order valence-electron chi connectivity index (χ2n) is 6.21. The normalized spacial score (nSPS) is 12.5. The molecule has 0 radical (unpaired) electrons. The number of rotatable bonds is 17. The SMILES string of the molecule is CCCCCCCCCCCCC(CCC=O)OCCC. The molecule has 0 saturated carbocycles. The van der Waals surface area contributed by atoms with Crippen molar-refractivity contribution in [3.63, 3.8) is 0 Å². The smallest absolute Gasteiger partial charge is 0.120 e. The number of carbonyl (C=O) groups excluding carboxylic acids is 1. The van der Waals surface area contributed by atoms with Crippen molar-refractivity contribution in [2.24, 2.45) is 0 Å². The molecule has 0 aromatic carbocycles. The van der Waals surface area contributed by atoms with Crippen molar-refractivity contribution in [2.75, 3.05) is 6.61 Å². The number of unbranched alkanes of at least 4 members (excludes halogenated alkanes) is 9. The Morgan fingerprint density at radius 3 is 1.86 bits per heavy atom. The summed E-state index contributed by atoms with van der Waals surface area (Å²) in [5.74, 6) is 0.